The smallest absolute Gasteiger partial charge is 0.236 e. The van der Waals surface area contributed by atoms with E-state index in [0.717, 1.165) is 0 Å². The Hall–Kier alpha value is -1.27. The minimum atomic E-state index is -3.40. The van der Waals surface area contributed by atoms with E-state index in [2.05, 4.69) is 10.0 Å². The molecule has 96 valence electrons. The lowest BCUT2D eigenvalue weighted by molar-refractivity contribution is 0.417. The molecule has 0 amide bonds. The maximum Gasteiger partial charge on any atom is 0.236 e. The Morgan fingerprint density at radius 3 is 2.59 bits per heavy atom. The van der Waals surface area contributed by atoms with Gasteiger partial charge in [-0.25, -0.2) is 8.42 Å². The summed E-state index contributed by atoms with van der Waals surface area (Å²) in [6, 6.07) is 6.92. The van der Waals surface area contributed by atoms with Crippen molar-refractivity contribution in [3.63, 3.8) is 0 Å². The molecule has 0 aliphatic carbocycles. The van der Waals surface area contributed by atoms with Crippen LogP contribution < -0.4 is 14.8 Å². The van der Waals surface area contributed by atoms with Crippen molar-refractivity contribution in [1.29, 1.82) is 0 Å². The molecule has 0 aromatic heterocycles. The van der Waals surface area contributed by atoms with Crippen molar-refractivity contribution >= 4 is 15.7 Å². The normalized spacial score (nSPS) is 13.1. The molecule has 0 bridgehead atoms. The van der Waals surface area contributed by atoms with E-state index in [-0.39, 0.29) is 0 Å². The number of nitrogens with one attached hydrogen (secondary N) is 2. The van der Waals surface area contributed by atoms with Crippen LogP contribution in [0.2, 0.25) is 0 Å². The second-order valence-electron chi connectivity index (χ2n) is 3.72. The topological polar surface area (TPSA) is 67.4 Å². The van der Waals surface area contributed by atoms with Crippen LogP contribution in [0.1, 0.15) is 6.92 Å². The summed E-state index contributed by atoms with van der Waals surface area (Å²) in [6.45, 7) is 2.04. The van der Waals surface area contributed by atoms with E-state index >= 15 is 0 Å². The van der Waals surface area contributed by atoms with Gasteiger partial charge in [-0.05, 0) is 26.1 Å². The second-order valence-corrected chi connectivity index (χ2v) is 5.81. The Kier molecular flexibility index (Phi) is 4.77. The minimum Gasteiger partial charge on any atom is -0.495 e. The molecular weight excluding hydrogens is 240 g/mol. The largest absolute Gasteiger partial charge is 0.495 e. The highest BCUT2D eigenvalue weighted by Crippen LogP contribution is 2.24. The zero-order chi connectivity index (χ0) is 12.9. The van der Waals surface area contributed by atoms with Gasteiger partial charge in [0.15, 0.2) is 0 Å². The second kappa shape index (κ2) is 5.88. The van der Waals surface area contributed by atoms with Crippen molar-refractivity contribution in [2.75, 3.05) is 25.4 Å². The summed E-state index contributed by atoms with van der Waals surface area (Å²) in [6.07, 6.45) is 0. The predicted molar refractivity (Wildman–Crippen MR) is 68.9 cm³/mol. The van der Waals surface area contributed by atoms with E-state index in [1.54, 1.807) is 38.2 Å². The maximum atomic E-state index is 12.0. The highest BCUT2D eigenvalue weighted by atomic mass is 32.2. The summed E-state index contributed by atoms with van der Waals surface area (Å²) in [5.41, 5.74) is 0.456. The summed E-state index contributed by atoms with van der Waals surface area (Å²) in [5.74, 6) is 0.507. The fourth-order valence-corrected chi connectivity index (χ4v) is 2.44. The van der Waals surface area contributed by atoms with Crippen LogP contribution >= 0.6 is 0 Å². The van der Waals surface area contributed by atoms with Gasteiger partial charge in [0.05, 0.1) is 18.0 Å². The molecule has 2 N–H and O–H groups in total. The van der Waals surface area contributed by atoms with Gasteiger partial charge < -0.3 is 10.1 Å². The highest BCUT2D eigenvalue weighted by molar-refractivity contribution is 7.93. The minimum absolute atomic E-state index is 0.393. The van der Waals surface area contributed by atoms with Crippen LogP contribution in [0.15, 0.2) is 24.3 Å². The molecule has 6 heteroatoms. The first kappa shape index (κ1) is 13.8. The van der Waals surface area contributed by atoms with E-state index in [0.29, 0.717) is 18.0 Å². The number of sulfonamides is 1. The van der Waals surface area contributed by atoms with Gasteiger partial charge in [0.2, 0.25) is 10.0 Å². The van der Waals surface area contributed by atoms with Crippen LogP contribution in [0.25, 0.3) is 0 Å². The Balaban J connectivity index is 2.90. The van der Waals surface area contributed by atoms with Gasteiger partial charge in [0, 0.05) is 6.54 Å². The van der Waals surface area contributed by atoms with Crippen molar-refractivity contribution < 1.29 is 13.2 Å². The number of anilines is 1. The van der Waals surface area contributed by atoms with Crippen molar-refractivity contribution in [1.82, 2.24) is 5.32 Å². The number of hydrogen-bond acceptors (Lipinski definition) is 4. The zero-order valence-corrected chi connectivity index (χ0v) is 11.0. The summed E-state index contributed by atoms with van der Waals surface area (Å²) >= 11 is 0. The fourth-order valence-electron chi connectivity index (χ4n) is 1.38. The van der Waals surface area contributed by atoms with E-state index in [1.165, 1.54) is 7.11 Å². The van der Waals surface area contributed by atoms with E-state index in [1.807, 2.05) is 0 Å². The van der Waals surface area contributed by atoms with Gasteiger partial charge in [-0.3, -0.25) is 4.72 Å². The molecule has 0 aliphatic heterocycles. The maximum absolute atomic E-state index is 12.0. The Labute approximate surface area is 102 Å². The van der Waals surface area contributed by atoms with Gasteiger partial charge >= 0.3 is 0 Å². The average molecular weight is 258 g/mol. The SMILES string of the molecule is CNCC(C)S(=O)(=O)Nc1ccccc1OC. The number of hydrogen-bond donors (Lipinski definition) is 2. The first-order valence-electron chi connectivity index (χ1n) is 5.30. The van der Waals surface area contributed by atoms with Crippen LogP contribution in [0, 0.1) is 0 Å². The average Bonchev–Trinajstić information content (AvgIpc) is 2.29. The quantitative estimate of drug-likeness (QED) is 0.800. The van der Waals surface area contributed by atoms with Crippen molar-refractivity contribution in [2.24, 2.45) is 0 Å². The molecule has 17 heavy (non-hydrogen) atoms. The van der Waals surface area contributed by atoms with Crippen LogP contribution in [-0.2, 0) is 10.0 Å². The molecular formula is C11H18N2O3S. The predicted octanol–water partition coefficient (Wildman–Crippen LogP) is 1.04. The Morgan fingerprint density at radius 2 is 2.00 bits per heavy atom. The van der Waals surface area contributed by atoms with E-state index < -0.39 is 15.3 Å². The lowest BCUT2D eigenvalue weighted by atomic mass is 10.3. The number of ether oxygens (including phenoxy) is 1. The number of benzene rings is 1. The number of rotatable bonds is 6. The van der Waals surface area contributed by atoms with Gasteiger partial charge in [0.25, 0.3) is 0 Å². The van der Waals surface area contributed by atoms with Crippen LogP contribution in [0.4, 0.5) is 5.69 Å². The van der Waals surface area contributed by atoms with Crippen molar-refractivity contribution in [3.05, 3.63) is 24.3 Å². The molecule has 0 spiro atoms. The molecule has 0 saturated heterocycles. The van der Waals surface area contributed by atoms with Gasteiger partial charge in [-0.2, -0.15) is 0 Å². The molecule has 0 radical (unpaired) electrons. The summed E-state index contributed by atoms with van der Waals surface area (Å²) in [5, 5.41) is 2.32. The van der Waals surface area contributed by atoms with E-state index in [4.69, 9.17) is 4.74 Å². The molecule has 0 fully saturated rings. The van der Waals surface area contributed by atoms with Gasteiger partial charge in [-0.15, -0.1) is 0 Å². The Bertz CT molecular complexity index is 460. The van der Waals surface area contributed by atoms with Crippen molar-refractivity contribution in [2.45, 2.75) is 12.2 Å². The fraction of sp³-hybridized carbons (Fsp3) is 0.455. The summed E-state index contributed by atoms with van der Waals surface area (Å²) in [7, 11) is -0.179. The summed E-state index contributed by atoms with van der Waals surface area (Å²) < 4.78 is 31.5. The molecule has 1 rings (SSSR count). The monoisotopic (exact) mass is 258 g/mol. The van der Waals surface area contributed by atoms with Crippen LogP contribution in [-0.4, -0.2) is 34.4 Å². The zero-order valence-electron chi connectivity index (χ0n) is 10.2. The first-order valence-corrected chi connectivity index (χ1v) is 6.85. The van der Waals surface area contributed by atoms with E-state index in [9.17, 15) is 8.42 Å². The first-order chi connectivity index (χ1) is 8.01. The highest BCUT2D eigenvalue weighted by Gasteiger charge is 2.20. The van der Waals surface area contributed by atoms with Crippen molar-refractivity contribution in [3.8, 4) is 5.75 Å². The standard InChI is InChI=1S/C11H18N2O3S/c1-9(8-12-2)17(14,15)13-10-6-4-5-7-11(10)16-3/h4-7,9,12-13H,8H2,1-3H3. The van der Waals surface area contributed by atoms with Crippen LogP contribution in [0.5, 0.6) is 5.75 Å². The number of para-hydroxylation sites is 2. The molecule has 1 atom stereocenters. The molecule has 0 aliphatic rings. The molecule has 5 nitrogen and oxygen atoms in total. The Morgan fingerprint density at radius 1 is 1.35 bits per heavy atom. The summed E-state index contributed by atoms with van der Waals surface area (Å²) in [4.78, 5) is 0. The third kappa shape index (κ3) is 3.61. The van der Waals surface area contributed by atoms with Crippen LogP contribution in [0.3, 0.4) is 0 Å². The molecule has 0 heterocycles. The number of methoxy groups -OCH3 is 1. The third-order valence-electron chi connectivity index (χ3n) is 2.38. The van der Waals surface area contributed by atoms with Gasteiger partial charge in [-0.1, -0.05) is 12.1 Å². The molecule has 1 aromatic carbocycles. The lowest BCUT2D eigenvalue weighted by Gasteiger charge is -2.16. The molecule has 1 aromatic rings. The third-order valence-corrected chi connectivity index (χ3v) is 4.11. The molecule has 0 saturated carbocycles. The molecule has 1 unspecified atom stereocenters. The van der Waals surface area contributed by atoms with Gasteiger partial charge in [0.1, 0.15) is 5.75 Å². The lowest BCUT2D eigenvalue weighted by Crippen LogP contribution is -2.33.